The van der Waals surface area contributed by atoms with Crippen molar-refractivity contribution >= 4 is 76.8 Å². The molecular weight excluding hydrogens is 560 g/mol. The minimum absolute atomic E-state index is 0.0358. The number of amidine groups is 1. The average Bonchev–Trinajstić information content (AvgIpc) is 2.97. The summed E-state index contributed by atoms with van der Waals surface area (Å²) in [6.07, 6.45) is 1.58. The molecule has 30 heavy (non-hydrogen) atoms. The van der Waals surface area contributed by atoms with Gasteiger partial charge in [0.25, 0.3) is 5.91 Å². The molecule has 1 heterocycles. The van der Waals surface area contributed by atoms with Crippen LogP contribution in [0, 0.1) is 6.92 Å². The van der Waals surface area contributed by atoms with Crippen molar-refractivity contribution in [1.82, 2.24) is 5.32 Å². The van der Waals surface area contributed by atoms with Crippen molar-refractivity contribution in [1.29, 1.82) is 0 Å². The lowest BCUT2D eigenvalue weighted by atomic mass is 10.2. The van der Waals surface area contributed by atoms with Crippen LogP contribution in [-0.4, -0.2) is 25.4 Å². The molecule has 0 aromatic heterocycles. The van der Waals surface area contributed by atoms with E-state index in [1.807, 2.05) is 6.92 Å². The van der Waals surface area contributed by atoms with E-state index in [2.05, 4.69) is 42.2 Å². The maximum absolute atomic E-state index is 12.6. The Labute approximate surface area is 194 Å². The molecule has 0 saturated carbocycles. The number of benzene rings is 2. The van der Waals surface area contributed by atoms with Crippen LogP contribution in [0.1, 0.15) is 18.1 Å². The van der Waals surface area contributed by atoms with E-state index in [4.69, 9.17) is 4.18 Å². The summed E-state index contributed by atoms with van der Waals surface area (Å²) in [5.41, 5.74) is 1.53. The first kappa shape index (κ1) is 22.7. The SMILES string of the molecule is CC(=O)NC1=NC(=O)/C(=C\c2cc(Br)c(OS(=O)(=O)c3ccc(C)cc3)c(Br)c2)S1. The van der Waals surface area contributed by atoms with E-state index < -0.39 is 16.0 Å². The summed E-state index contributed by atoms with van der Waals surface area (Å²) in [6, 6.07) is 9.54. The summed E-state index contributed by atoms with van der Waals surface area (Å²) in [6.45, 7) is 3.18. The Bertz CT molecular complexity index is 1180. The molecule has 2 aromatic carbocycles. The van der Waals surface area contributed by atoms with E-state index >= 15 is 0 Å². The molecule has 1 aliphatic rings. The number of aryl methyl sites for hydroxylation is 1. The lowest BCUT2D eigenvalue weighted by Crippen LogP contribution is -2.23. The standard InChI is InChI=1S/C19H14Br2N2O5S2/c1-10-3-5-13(6-4-10)30(26,27)28-17-14(20)7-12(8-15(17)21)9-16-18(25)23-19(29-16)22-11(2)24/h3-9H,1-2H3,(H,22,23,24,25)/b16-9+. The quantitative estimate of drug-likeness (QED) is 0.430. The number of aliphatic imine (C=N–C) groups is 1. The molecule has 0 fully saturated rings. The van der Waals surface area contributed by atoms with Crippen molar-refractivity contribution in [3.63, 3.8) is 0 Å². The zero-order valence-corrected chi connectivity index (χ0v) is 20.4. The highest BCUT2D eigenvalue weighted by atomic mass is 79.9. The van der Waals surface area contributed by atoms with Gasteiger partial charge in [0.2, 0.25) is 5.91 Å². The van der Waals surface area contributed by atoms with Gasteiger partial charge in [-0.05, 0) is 86.5 Å². The van der Waals surface area contributed by atoms with E-state index in [9.17, 15) is 18.0 Å². The van der Waals surface area contributed by atoms with Crippen LogP contribution in [0.25, 0.3) is 6.08 Å². The van der Waals surface area contributed by atoms with Gasteiger partial charge in [-0.15, -0.1) is 0 Å². The Morgan fingerprint density at radius 2 is 1.77 bits per heavy atom. The van der Waals surface area contributed by atoms with Crippen molar-refractivity contribution < 1.29 is 22.2 Å². The highest BCUT2D eigenvalue weighted by Crippen LogP contribution is 2.38. The van der Waals surface area contributed by atoms with Crippen LogP contribution in [0.3, 0.4) is 0 Å². The predicted octanol–water partition coefficient (Wildman–Crippen LogP) is 4.39. The summed E-state index contributed by atoms with van der Waals surface area (Å²) >= 11 is 7.67. The second-order valence-corrected chi connectivity index (χ2v) is 10.5. The third kappa shape index (κ3) is 5.39. The Balaban J connectivity index is 1.85. The van der Waals surface area contributed by atoms with Gasteiger partial charge in [-0.1, -0.05) is 17.7 Å². The van der Waals surface area contributed by atoms with Gasteiger partial charge in [0.1, 0.15) is 4.90 Å². The molecule has 1 N–H and O–H groups in total. The van der Waals surface area contributed by atoms with Crippen LogP contribution in [-0.2, 0) is 19.7 Å². The summed E-state index contributed by atoms with van der Waals surface area (Å²) in [5, 5.41) is 2.68. The van der Waals surface area contributed by atoms with Gasteiger partial charge >= 0.3 is 10.1 Å². The molecule has 0 bridgehead atoms. The molecule has 1 aliphatic heterocycles. The number of halogens is 2. The molecule has 11 heteroatoms. The summed E-state index contributed by atoms with van der Waals surface area (Å²) < 4.78 is 31.2. The highest BCUT2D eigenvalue weighted by Gasteiger charge is 2.24. The fraction of sp³-hybridized carbons (Fsp3) is 0.105. The molecule has 0 atom stereocenters. The molecule has 0 radical (unpaired) electrons. The van der Waals surface area contributed by atoms with Crippen LogP contribution in [0.5, 0.6) is 5.75 Å². The molecule has 2 aromatic rings. The third-order valence-corrected chi connectivity index (χ3v) is 7.04. The van der Waals surface area contributed by atoms with Gasteiger partial charge in [0, 0.05) is 6.92 Å². The zero-order chi connectivity index (χ0) is 22.1. The Kier molecular flexibility index (Phi) is 6.85. The lowest BCUT2D eigenvalue weighted by molar-refractivity contribution is -0.117. The van der Waals surface area contributed by atoms with E-state index in [0.717, 1.165) is 17.3 Å². The van der Waals surface area contributed by atoms with Crippen LogP contribution in [0.2, 0.25) is 0 Å². The van der Waals surface area contributed by atoms with Gasteiger partial charge in [-0.2, -0.15) is 13.4 Å². The van der Waals surface area contributed by atoms with E-state index in [-0.39, 0.29) is 21.7 Å². The van der Waals surface area contributed by atoms with Crippen molar-refractivity contribution in [2.45, 2.75) is 18.7 Å². The van der Waals surface area contributed by atoms with E-state index in [0.29, 0.717) is 19.4 Å². The first-order chi connectivity index (χ1) is 14.0. The average molecular weight is 574 g/mol. The maximum atomic E-state index is 12.6. The topological polar surface area (TPSA) is 102 Å². The third-order valence-electron chi connectivity index (χ3n) is 3.72. The van der Waals surface area contributed by atoms with Gasteiger partial charge in [0.15, 0.2) is 10.9 Å². The minimum Gasteiger partial charge on any atom is -0.377 e. The molecule has 0 unspecified atom stereocenters. The van der Waals surface area contributed by atoms with E-state index in [1.54, 1.807) is 30.3 Å². The summed E-state index contributed by atoms with van der Waals surface area (Å²) in [7, 11) is -4.03. The molecule has 0 spiro atoms. The highest BCUT2D eigenvalue weighted by molar-refractivity contribution is 9.11. The monoisotopic (exact) mass is 572 g/mol. The molecule has 156 valence electrons. The Morgan fingerprint density at radius 1 is 1.17 bits per heavy atom. The van der Waals surface area contributed by atoms with Crippen molar-refractivity contribution in [2.75, 3.05) is 0 Å². The largest absolute Gasteiger partial charge is 0.377 e. The summed E-state index contributed by atoms with van der Waals surface area (Å²) in [5.74, 6) is -0.714. The van der Waals surface area contributed by atoms with Crippen molar-refractivity contribution in [2.24, 2.45) is 4.99 Å². The number of thioether (sulfide) groups is 1. The number of carbonyl (C=O) groups is 2. The minimum atomic E-state index is -4.03. The number of amides is 2. The first-order valence-corrected chi connectivity index (χ1v) is 12.2. The van der Waals surface area contributed by atoms with Gasteiger partial charge < -0.3 is 9.50 Å². The summed E-state index contributed by atoms with van der Waals surface area (Å²) in [4.78, 5) is 27.3. The Hall–Kier alpha value is -1.95. The number of nitrogens with one attached hydrogen (secondary N) is 1. The number of nitrogens with zero attached hydrogens (tertiary/aromatic N) is 1. The smallest absolute Gasteiger partial charge is 0.339 e. The second kappa shape index (κ2) is 9.04. The van der Waals surface area contributed by atoms with Crippen LogP contribution in [0.4, 0.5) is 0 Å². The van der Waals surface area contributed by atoms with Crippen LogP contribution in [0.15, 0.2) is 60.1 Å². The molecular formula is C19H14Br2N2O5S2. The molecule has 0 saturated heterocycles. The van der Waals surface area contributed by atoms with Gasteiger partial charge in [0.05, 0.1) is 13.9 Å². The van der Waals surface area contributed by atoms with Crippen LogP contribution < -0.4 is 9.50 Å². The van der Waals surface area contributed by atoms with E-state index in [1.165, 1.54) is 19.1 Å². The normalized spacial score (nSPS) is 15.3. The van der Waals surface area contributed by atoms with Crippen molar-refractivity contribution in [3.05, 3.63) is 61.4 Å². The van der Waals surface area contributed by atoms with Gasteiger partial charge in [-0.25, -0.2) is 0 Å². The number of hydrogen-bond donors (Lipinski definition) is 1. The maximum Gasteiger partial charge on any atom is 0.339 e. The lowest BCUT2D eigenvalue weighted by Gasteiger charge is -2.12. The number of hydrogen-bond acceptors (Lipinski definition) is 6. The first-order valence-electron chi connectivity index (χ1n) is 8.35. The molecule has 0 aliphatic carbocycles. The Morgan fingerprint density at radius 3 is 2.33 bits per heavy atom. The van der Waals surface area contributed by atoms with Crippen LogP contribution >= 0.6 is 43.6 Å². The van der Waals surface area contributed by atoms with Gasteiger partial charge in [-0.3, -0.25) is 9.59 Å². The fourth-order valence-corrected chi connectivity index (χ4v) is 5.79. The second-order valence-electron chi connectivity index (χ2n) is 6.18. The zero-order valence-electron chi connectivity index (χ0n) is 15.6. The predicted molar refractivity (Wildman–Crippen MR) is 123 cm³/mol. The van der Waals surface area contributed by atoms with Crippen molar-refractivity contribution in [3.8, 4) is 5.75 Å². The fourth-order valence-electron chi connectivity index (χ4n) is 2.37. The molecule has 7 nitrogen and oxygen atoms in total. The number of carbonyl (C=O) groups excluding carboxylic acids is 2. The molecule has 3 rings (SSSR count). The molecule has 2 amide bonds. The number of rotatable bonds is 4.